The molecular formula is C10H21N5. The van der Waals surface area contributed by atoms with E-state index >= 15 is 0 Å². The molecule has 0 bridgehead atoms. The Morgan fingerprint density at radius 1 is 1.20 bits per heavy atom. The minimum Gasteiger partial charge on any atom is -0.370 e. The lowest BCUT2D eigenvalue weighted by atomic mass is 10.1. The Kier molecular flexibility index (Phi) is 3.94. The van der Waals surface area contributed by atoms with Gasteiger partial charge in [0.05, 0.1) is 12.1 Å². The van der Waals surface area contributed by atoms with Crippen LogP contribution < -0.4 is 11.1 Å². The Hall–Kier alpha value is -1.26. The van der Waals surface area contributed by atoms with Crippen molar-refractivity contribution < 1.29 is 0 Å². The van der Waals surface area contributed by atoms with Crippen molar-refractivity contribution in [3.05, 3.63) is 0 Å². The third kappa shape index (κ3) is 2.84. The molecule has 15 heavy (non-hydrogen) atoms. The Morgan fingerprint density at radius 2 is 1.73 bits per heavy atom. The quantitative estimate of drug-likeness (QED) is 0.694. The largest absolute Gasteiger partial charge is 0.370 e. The highest BCUT2D eigenvalue weighted by molar-refractivity contribution is 5.98. The number of nitrogens with two attached hydrogens (primary N) is 1. The fourth-order valence-corrected chi connectivity index (χ4v) is 1.64. The first kappa shape index (κ1) is 11.8. The standard InChI is InChI=1S/C10H21N5/c1-5-7-8(6-2)13-10(15(3)4)14-9(11)12-7/h7-8H,5-6H2,1-4H3,(H3,11,12,13,14). The molecule has 0 fully saturated rings. The predicted octanol–water partition coefficient (Wildman–Crippen LogP) is 0.379. The Balaban J connectivity index is 2.95. The summed E-state index contributed by atoms with van der Waals surface area (Å²) >= 11 is 0. The number of rotatable bonds is 2. The maximum absolute atomic E-state index is 5.78. The Labute approximate surface area is 91.5 Å². The topological polar surface area (TPSA) is 66.0 Å². The van der Waals surface area contributed by atoms with Crippen LogP contribution >= 0.6 is 0 Å². The minimum atomic E-state index is 0.194. The van der Waals surface area contributed by atoms with Crippen LogP contribution in [-0.4, -0.2) is 43.0 Å². The minimum absolute atomic E-state index is 0.194. The molecule has 86 valence electrons. The van der Waals surface area contributed by atoms with Crippen LogP contribution in [0.3, 0.4) is 0 Å². The van der Waals surface area contributed by atoms with Crippen molar-refractivity contribution in [3.8, 4) is 0 Å². The monoisotopic (exact) mass is 211 g/mol. The third-order valence-corrected chi connectivity index (χ3v) is 2.54. The molecule has 0 spiro atoms. The molecular weight excluding hydrogens is 190 g/mol. The highest BCUT2D eigenvalue weighted by Gasteiger charge is 2.22. The molecule has 5 heteroatoms. The molecule has 2 atom stereocenters. The molecule has 0 aliphatic carbocycles. The van der Waals surface area contributed by atoms with Crippen LogP contribution in [0, 0.1) is 0 Å². The second kappa shape index (κ2) is 5.00. The van der Waals surface area contributed by atoms with E-state index in [4.69, 9.17) is 5.73 Å². The number of aliphatic imine (C=N–C) groups is 2. The van der Waals surface area contributed by atoms with Gasteiger partial charge in [0.25, 0.3) is 0 Å². The van der Waals surface area contributed by atoms with Crippen molar-refractivity contribution in [1.29, 1.82) is 0 Å². The van der Waals surface area contributed by atoms with Crippen molar-refractivity contribution in [2.75, 3.05) is 14.1 Å². The summed E-state index contributed by atoms with van der Waals surface area (Å²) in [5, 5.41) is 3.01. The lowest BCUT2D eigenvalue weighted by Gasteiger charge is -2.18. The lowest BCUT2D eigenvalue weighted by molar-refractivity contribution is 0.497. The van der Waals surface area contributed by atoms with Crippen molar-refractivity contribution >= 4 is 11.9 Å². The van der Waals surface area contributed by atoms with Crippen LogP contribution in [0.5, 0.6) is 0 Å². The molecule has 0 aromatic rings. The van der Waals surface area contributed by atoms with E-state index in [0.29, 0.717) is 5.96 Å². The average molecular weight is 211 g/mol. The Bertz CT molecular complexity index is 269. The van der Waals surface area contributed by atoms with E-state index in [0.717, 1.165) is 18.8 Å². The van der Waals surface area contributed by atoms with Gasteiger partial charge >= 0.3 is 0 Å². The molecule has 1 heterocycles. The summed E-state index contributed by atoms with van der Waals surface area (Å²) in [4.78, 5) is 11.0. The summed E-state index contributed by atoms with van der Waals surface area (Å²) in [6.07, 6.45) is 1.94. The summed E-state index contributed by atoms with van der Waals surface area (Å²) in [5.74, 6) is 1.25. The fraction of sp³-hybridized carbons (Fsp3) is 0.800. The van der Waals surface area contributed by atoms with Gasteiger partial charge in [-0.3, -0.25) is 5.32 Å². The zero-order chi connectivity index (χ0) is 11.4. The molecule has 0 aromatic heterocycles. The van der Waals surface area contributed by atoms with E-state index in [2.05, 4.69) is 29.1 Å². The third-order valence-electron chi connectivity index (χ3n) is 2.54. The number of nitrogens with zero attached hydrogens (tertiary/aromatic N) is 3. The Morgan fingerprint density at radius 3 is 2.20 bits per heavy atom. The van der Waals surface area contributed by atoms with Gasteiger partial charge < -0.3 is 10.6 Å². The molecule has 3 N–H and O–H groups in total. The van der Waals surface area contributed by atoms with Gasteiger partial charge in [-0.05, 0) is 12.8 Å². The highest BCUT2D eigenvalue weighted by atomic mass is 15.3. The molecule has 1 aliphatic rings. The van der Waals surface area contributed by atoms with Crippen molar-refractivity contribution in [1.82, 2.24) is 10.2 Å². The van der Waals surface area contributed by atoms with E-state index in [1.807, 2.05) is 19.0 Å². The van der Waals surface area contributed by atoms with Crippen molar-refractivity contribution in [3.63, 3.8) is 0 Å². The van der Waals surface area contributed by atoms with Crippen LogP contribution in [0.2, 0.25) is 0 Å². The SMILES string of the molecule is CCC1N=C(N)NC(N(C)C)=NC1CC. The van der Waals surface area contributed by atoms with Crippen LogP contribution in [-0.2, 0) is 0 Å². The first-order valence-corrected chi connectivity index (χ1v) is 5.43. The highest BCUT2D eigenvalue weighted by Crippen LogP contribution is 2.13. The summed E-state index contributed by atoms with van der Waals surface area (Å²) in [5.41, 5.74) is 5.78. The van der Waals surface area contributed by atoms with Crippen LogP contribution in [0.4, 0.5) is 0 Å². The summed E-state index contributed by atoms with van der Waals surface area (Å²) in [6.45, 7) is 4.24. The van der Waals surface area contributed by atoms with E-state index in [9.17, 15) is 0 Å². The van der Waals surface area contributed by atoms with Crippen LogP contribution in [0.15, 0.2) is 9.98 Å². The van der Waals surface area contributed by atoms with Crippen LogP contribution in [0.1, 0.15) is 26.7 Å². The lowest BCUT2D eigenvalue weighted by Crippen LogP contribution is -2.43. The maximum atomic E-state index is 5.78. The summed E-state index contributed by atoms with van der Waals surface area (Å²) < 4.78 is 0. The summed E-state index contributed by atoms with van der Waals surface area (Å²) in [7, 11) is 3.89. The van der Waals surface area contributed by atoms with Crippen molar-refractivity contribution in [2.24, 2.45) is 15.7 Å². The van der Waals surface area contributed by atoms with Gasteiger partial charge in [-0.2, -0.15) is 0 Å². The molecule has 2 unspecified atom stereocenters. The zero-order valence-corrected chi connectivity index (χ0v) is 9.99. The van der Waals surface area contributed by atoms with Gasteiger partial charge in [-0.15, -0.1) is 0 Å². The molecule has 0 amide bonds. The van der Waals surface area contributed by atoms with Gasteiger partial charge in [-0.1, -0.05) is 13.8 Å². The molecule has 1 rings (SSSR count). The normalized spacial score (nSPS) is 26.1. The van der Waals surface area contributed by atoms with Gasteiger partial charge in [0.15, 0.2) is 5.96 Å². The second-order valence-electron chi connectivity index (χ2n) is 3.94. The smallest absolute Gasteiger partial charge is 0.200 e. The number of nitrogens with one attached hydrogen (secondary N) is 1. The van der Waals surface area contributed by atoms with Crippen LogP contribution in [0.25, 0.3) is 0 Å². The van der Waals surface area contributed by atoms with Gasteiger partial charge in [0.1, 0.15) is 0 Å². The number of guanidine groups is 2. The van der Waals surface area contributed by atoms with Gasteiger partial charge in [0, 0.05) is 14.1 Å². The molecule has 0 saturated carbocycles. The van der Waals surface area contributed by atoms with Gasteiger partial charge in [0.2, 0.25) is 5.96 Å². The molecule has 5 nitrogen and oxygen atoms in total. The molecule has 0 aromatic carbocycles. The zero-order valence-electron chi connectivity index (χ0n) is 9.99. The first-order chi connectivity index (χ1) is 7.08. The fourth-order valence-electron chi connectivity index (χ4n) is 1.64. The second-order valence-corrected chi connectivity index (χ2v) is 3.94. The van der Waals surface area contributed by atoms with E-state index in [1.165, 1.54) is 0 Å². The average Bonchev–Trinajstić information content (AvgIpc) is 2.36. The predicted molar refractivity (Wildman–Crippen MR) is 64.0 cm³/mol. The maximum Gasteiger partial charge on any atom is 0.200 e. The molecule has 1 aliphatic heterocycles. The number of hydrogen-bond donors (Lipinski definition) is 2. The van der Waals surface area contributed by atoms with Crippen molar-refractivity contribution in [2.45, 2.75) is 38.8 Å². The first-order valence-electron chi connectivity index (χ1n) is 5.43. The van der Waals surface area contributed by atoms with E-state index < -0.39 is 0 Å². The molecule has 0 saturated heterocycles. The van der Waals surface area contributed by atoms with Gasteiger partial charge in [-0.25, -0.2) is 9.98 Å². The van der Waals surface area contributed by atoms with E-state index in [1.54, 1.807) is 0 Å². The summed E-state index contributed by atoms with van der Waals surface area (Å²) in [6, 6.07) is 0.417. The number of hydrogen-bond acceptors (Lipinski definition) is 5. The van der Waals surface area contributed by atoms with E-state index in [-0.39, 0.29) is 12.1 Å². The molecule has 0 radical (unpaired) electrons.